The molecule has 2 rings (SSSR count). The predicted molar refractivity (Wildman–Crippen MR) is 62.8 cm³/mol. The summed E-state index contributed by atoms with van der Waals surface area (Å²) in [5.74, 6) is 1.50. The maximum absolute atomic E-state index is 9.22. The molecular formula is C13H25NO. The Balaban J connectivity index is 1.82. The van der Waals surface area contributed by atoms with Gasteiger partial charge in [0.1, 0.15) is 0 Å². The minimum atomic E-state index is 0.389. The first-order chi connectivity index (χ1) is 7.29. The molecule has 1 heterocycles. The highest BCUT2D eigenvalue weighted by molar-refractivity contribution is 4.82. The van der Waals surface area contributed by atoms with Gasteiger partial charge in [-0.05, 0) is 56.9 Å². The molecule has 2 heteroatoms. The van der Waals surface area contributed by atoms with E-state index >= 15 is 0 Å². The summed E-state index contributed by atoms with van der Waals surface area (Å²) in [5, 5.41) is 9.22. The van der Waals surface area contributed by atoms with Gasteiger partial charge >= 0.3 is 0 Å². The van der Waals surface area contributed by atoms with E-state index in [4.69, 9.17) is 0 Å². The number of likely N-dealkylation sites (tertiary alicyclic amines) is 1. The van der Waals surface area contributed by atoms with Crippen molar-refractivity contribution in [3.63, 3.8) is 0 Å². The molecule has 2 fully saturated rings. The van der Waals surface area contributed by atoms with E-state index in [-0.39, 0.29) is 0 Å². The van der Waals surface area contributed by atoms with Gasteiger partial charge in [0.25, 0.3) is 0 Å². The lowest BCUT2D eigenvalue weighted by Crippen LogP contribution is -2.44. The van der Waals surface area contributed by atoms with Crippen molar-refractivity contribution in [2.24, 2.45) is 11.8 Å². The van der Waals surface area contributed by atoms with Crippen molar-refractivity contribution >= 4 is 0 Å². The highest BCUT2D eigenvalue weighted by Gasteiger charge is 2.27. The van der Waals surface area contributed by atoms with Crippen LogP contribution in [0.25, 0.3) is 0 Å². The van der Waals surface area contributed by atoms with Gasteiger partial charge in [-0.3, -0.25) is 0 Å². The van der Waals surface area contributed by atoms with Crippen molar-refractivity contribution in [2.75, 3.05) is 19.7 Å². The van der Waals surface area contributed by atoms with Crippen LogP contribution in [0.2, 0.25) is 0 Å². The second kappa shape index (κ2) is 5.31. The van der Waals surface area contributed by atoms with Gasteiger partial charge in [0.2, 0.25) is 0 Å². The molecule has 0 aromatic heterocycles. The summed E-state index contributed by atoms with van der Waals surface area (Å²) in [6, 6.07) is 0.829. The van der Waals surface area contributed by atoms with Gasteiger partial charge in [0.05, 0.1) is 0 Å². The smallest absolute Gasteiger partial charge is 0.0471 e. The van der Waals surface area contributed by atoms with Crippen molar-refractivity contribution in [3.05, 3.63) is 0 Å². The number of aliphatic hydroxyl groups is 1. The average Bonchev–Trinajstić information content (AvgIpc) is 2.30. The van der Waals surface area contributed by atoms with Crippen molar-refractivity contribution in [1.29, 1.82) is 0 Å². The van der Waals surface area contributed by atoms with E-state index in [1.807, 2.05) is 0 Å². The second-order valence-electron chi connectivity index (χ2n) is 5.60. The second-order valence-corrected chi connectivity index (χ2v) is 5.60. The zero-order valence-electron chi connectivity index (χ0n) is 9.99. The molecule has 1 saturated carbocycles. The first kappa shape index (κ1) is 11.4. The Morgan fingerprint density at radius 3 is 2.53 bits per heavy atom. The van der Waals surface area contributed by atoms with Crippen LogP contribution in [-0.4, -0.2) is 35.7 Å². The van der Waals surface area contributed by atoms with Gasteiger partial charge in [-0.25, -0.2) is 0 Å². The third-order valence-electron chi connectivity index (χ3n) is 4.31. The summed E-state index contributed by atoms with van der Waals surface area (Å²) in [6.07, 6.45) is 8.11. The quantitative estimate of drug-likeness (QED) is 0.757. The normalized spacial score (nSPS) is 39.2. The van der Waals surface area contributed by atoms with Crippen LogP contribution in [0.1, 0.15) is 45.4 Å². The molecule has 0 bridgehead atoms. The van der Waals surface area contributed by atoms with Gasteiger partial charge in [-0.1, -0.05) is 6.92 Å². The van der Waals surface area contributed by atoms with E-state index in [9.17, 15) is 5.11 Å². The topological polar surface area (TPSA) is 23.5 Å². The van der Waals surface area contributed by atoms with Crippen molar-refractivity contribution < 1.29 is 5.11 Å². The van der Waals surface area contributed by atoms with E-state index < -0.39 is 0 Å². The summed E-state index contributed by atoms with van der Waals surface area (Å²) < 4.78 is 0. The fourth-order valence-electron chi connectivity index (χ4n) is 3.19. The Morgan fingerprint density at radius 1 is 1.13 bits per heavy atom. The Bertz CT molecular complexity index is 187. The SMILES string of the molecule is CC1CCC(N2CCCC(CO)C2)CC1. The fraction of sp³-hybridized carbons (Fsp3) is 1.00. The van der Waals surface area contributed by atoms with Crippen LogP contribution in [0.5, 0.6) is 0 Å². The lowest BCUT2D eigenvalue weighted by molar-refractivity contribution is 0.0660. The standard InChI is InChI=1S/C13H25NO/c1-11-4-6-13(7-5-11)14-8-2-3-12(9-14)10-15/h11-13,15H,2-10H2,1H3. The molecule has 1 aliphatic carbocycles. The largest absolute Gasteiger partial charge is 0.396 e. The molecule has 0 aromatic carbocycles. The Hall–Kier alpha value is -0.0800. The van der Waals surface area contributed by atoms with E-state index in [0.717, 1.165) is 18.5 Å². The van der Waals surface area contributed by atoms with Gasteiger partial charge in [-0.2, -0.15) is 0 Å². The molecule has 88 valence electrons. The summed E-state index contributed by atoms with van der Waals surface area (Å²) >= 11 is 0. The van der Waals surface area contributed by atoms with Crippen LogP contribution in [0, 0.1) is 11.8 Å². The van der Waals surface area contributed by atoms with Gasteiger partial charge < -0.3 is 10.0 Å². The molecule has 1 saturated heterocycles. The average molecular weight is 211 g/mol. The number of aliphatic hydroxyl groups excluding tert-OH is 1. The van der Waals surface area contributed by atoms with Crippen LogP contribution in [-0.2, 0) is 0 Å². The Kier molecular flexibility index (Phi) is 4.04. The van der Waals surface area contributed by atoms with E-state index in [2.05, 4.69) is 11.8 Å². The zero-order chi connectivity index (χ0) is 10.7. The van der Waals surface area contributed by atoms with Gasteiger partial charge in [0, 0.05) is 19.2 Å². The lowest BCUT2D eigenvalue weighted by atomic mass is 9.85. The highest BCUT2D eigenvalue weighted by atomic mass is 16.3. The molecule has 1 aliphatic heterocycles. The molecule has 2 aliphatic rings. The fourth-order valence-corrected chi connectivity index (χ4v) is 3.19. The monoisotopic (exact) mass is 211 g/mol. The van der Waals surface area contributed by atoms with Crippen LogP contribution >= 0.6 is 0 Å². The molecule has 0 radical (unpaired) electrons. The van der Waals surface area contributed by atoms with Crippen LogP contribution in [0.4, 0.5) is 0 Å². The number of nitrogens with zero attached hydrogens (tertiary/aromatic N) is 1. The lowest BCUT2D eigenvalue weighted by Gasteiger charge is -2.40. The van der Waals surface area contributed by atoms with Crippen molar-refractivity contribution in [2.45, 2.75) is 51.5 Å². The molecule has 1 unspecified atom stereocenters. The molecule has 0 spiro atoms. The number of hydrogen-bond donors (Lipinski definition) is 1. The van der Waals surface area contributed by atoms with Crippen LogP contribution < -0.4 is 0 Å². The molecule has 1 N–H and O–H groups in total. The van der Waals surface area contributed by atoms with E-state index in [0.29, 0.717) is 12.5 Å². The molecule has 0 amide bonds. The van der Waals surface area contributed by atoms with E-state index in [1.54, 1.807) is 0 Å². The third kappa shape index (κ3) is 2.94. The van der Waals surface area contributed by atoms with E-state index in [1.165, 1.54) is 45.1 Å². The molecule has 15 heavy (non-hydrogen) atoms. The number of piperidine rings is 1. The third-order valence-corrected chi connectivity index (χ3v) is 4.31. The van der Waals surface area contributed by atoms with Crippen molar-refractivity contribution in [3.8, 4) is 0 Å². The minimum Gasteiger partial charge on any atom is -0.396 e. The first-order valence-corrected chi connectivity index (χ1v) is 6.64. The first-order valence-electron chi connectivity index (χ1n) is 6.64. The zero-order valence-corrected chi connectivity index (χ0v) is 9.99. The molecule has 0 aromatic rings. The predicted octanol–water partition coefficient (Wildman–Crippen LogP) is 2.27. The van der Waals surface area contributed by atoms with Crippen LogP contribution in [0.3, 0.4) is 0 Å². The summed E-state index contributed by atoms with van der Waals surface area (Å²) in [4.78, 5) is 2.65. The summed E-state index contributed by atoms with van der Waals surface area (Å²) in [5.41, 5.74) is 0. The Labute approximate surface area is 93.7 Å². The maximum Gasteiger partial charge on any atom is 0.0471 e. The maximum atomic E-state index is 9.22. The number of rotatable bonds is 2. The van der Waals surface area contributed by atoms with Gasteiger partial charge in [0.15, 0.2) is 0 Å². The summed E-state index contributed by atoms with van der Waals surface area (Å²) in [7, 11) is 0. The number of hydrogen-bond acceptors (Lipinski definition) is 2. The van der Waals surface area contributed by atoms with Crippen molar-refractivity contribution in [1.82, 2.24) is 4.90 Å². The molecular weight excluding hydrogens is 186 g/mol. The van der Waals surface area contributed by atoms with Gasteiger partial charge in [-0.15, -0.1) is 0 Å². The summed E-state index contributed by atoms with van der Waals surface area (Å²) in [6.45, 7) is 5.19. The van der Waals surface area contributed by atoms with Crippen LogP contribution in [0.15, 0.2) is 0 Å². The minimum absolute atomic E-state index is 0.389. The highest BCUT2D eigenvalue weighted by Crippen LogP contribution is 2.29. The molecule has 1 atom stereocenters. The Morgan fingerprint density at radius 2 is 1.87 bits per heavy atom. The molecule has 2 nitrogen and oxygen atoms in total.